The molecule has 0 unspecified atom stereocenters. The molecule has 80 valence electrons. The van der Waals surface area contributed by atoms with Crippen LogP contribution in [-0.2, 0) is 0 Å². The van der Waals surface area contributed by atoms with Gasteiger partial charge in [0.05, 0.1) is 0 Å². The molecule has 1 N–H and O–H groups in total. The summed E-state index contributed by atoms with van der Waals surface area (Å²) in [7, 11) is 5.05. The average molecular weight is 214 g/mol. The predicted molar refractivity (Wildman–Crippen MR) is 64.0 cm³/mol. The maximum atomic E-state index is 10.6. The zero-order valence-corrected chi connectivity index (χ0v) is 10.2. The van der Waals surface area contributed by atoms with Crippen molar-refractivity contribution in [2.24, 2.45) is 0 Å². The first kappa shape index (κ1) is 11.6. The number of hydrogen-bond acceptors (Lipinski definition) is 3. The van der Waals surface area contributed by atoms with Gasteiger partial charge >= 0.3 is 85.9 Å². The van der Waals surface area contributed by atoms with Crippen LogP contribution in [0, 0.1) is 0 Å². The molecule has 0 aliphatic rings. The standard InChI is InChI=1S/C10H19N2OP/c1-11(2)14(13,12(3)4)10-8-6-5-7-9-10/h5-9,13-14H,1-4H3. The molecule has 0 bridgehead atoms. The van der Waals surface area contributed by atoms with E-state index in [9.17, 15) is 4.89 Å². The van der Waals surface area contributed by atoms with E-state index in [4.69, 9.17) is 0 Å². The van der Waals surface area contributed by atoms with E-state index in [1.165, 1.54) is 0 Å². The molecule has 4 heteroatoms. The van der Waals surface area contributed by atoms with Crippen molar-refractivity contribution in [2.75, 3.05) is 28.2 Å². The summed E-state index contributed by atoms with van der Waals surface area (Å²) in [5, 5.41) is 1.01. The Morgan fingerprint density at radius 1 is 0.929 bits per heavy atom. The molecule has 0 saturated carbocycles. The van der Waals surface area contributed by atoms with Gasteiger partial charge in [-0.25, -0.2) is 0 Å². The summed E-state index contributed by atoms with van der Waals surface area (Å²) in [5.74, 6) is 0. The fourth-order valence-electron chi connectivity index (χ4n) is 1.58. The number of benzene rings is 1. The van der Waals surface area contributed by atoms with Crippen LogP contribution in [0.15, 0.2) is 30.3 Å². The molecular formula is C10H19N2OP. The van der Waals surface area contributed by atoms with Crippen LogP contribution in [0.2, 0.25) is 0 Å². The van der Waals surface area contributed by atoms with Crippen molar-refractivity contribution >= 4 is 13.1 Å². The Labute approximate surface area is 86.5 Å². The van der Waals surface area contributed by atoms with Crippen LogP contribution < -0.4 is 5.30 Å². The van der Waals surface area contributed by atoms with Crippen molar-refractivity contribution in [2.45, 2.75) is 0 Å². The van der Waals surface area contributed by atoms with Crippen molar-refractivity contribution < 1.29 is 4.89 Å². The van der Waals surface area contributed by atoms with Gasteiger partial charge in [-0.1, -0.05) is 0 Å². The zero-order chi connectivity index (χ0) is 10.8. The fraction of sp³-hybridized carbons (Fsp3) is 0.400. The van der Waals surface area contributed by atoms with E-state index < -0.39 is 7.79 Å². The summed E-state index contributed by atoms with van der Waals surface area (Å²) in [5.41, 5.74) is 0. The van der Waals surface area contributed by atoms with Gasteiger partial charge in [-0.3, -0.25) is 0 Å². The molecule has 1 aromatic rings. The predicted octanol–water partition coefficient (Wildman–Crippen LogP) is 0.922. The summed E-state index contributed by atoms with van der Waals surface area (Å²) in [6.45, 7) is 0. The summed E-state index contributed by atoms with van der Waals surface area (Å²) < 4.78 is 3.84. The van der Waals surface area contributed by atoms with Crippen molar-refractivity contribution in [1.82, 2.24) is 9.34 Å². The van der Waals surface area contributed by atoms with Crippen LogP contribution in [0.4, 0.5) is 0 Å². The normalized spacial score (nSPS) is 13.6. The van der Waals surface area contributed by atoms with E-state index in [0.717, 1.165) is 5.30 Å². The average Bonchev–Trinajstić information content (AvgIpc) is 2.17. The Kier molecular flexibility index (Phi) is 3.62. The first-order valence-corrected chi connectivity index (χ1v) is 6.46. The third-order valence-electron chi connectivity index (χ3n) is 2.41. The molecule has 1 rings (SSSR count). The van der Waals surface area contributed by atoms with Gasteiger partial charge in [0, 0.05) is 0 Å². The third kappa shape index (κ3) is 1.96. The minimum atomic E-state index is -2.61. The summed E-state index contributed by atoms with van der Waals surface area (Å²) in [6.07, 6.45) is 0. The second kappa shape index (κ2) is 4.37. The molecule has 0 fully saturated rings. The fourth-order valence-corrected chi connectivity index (χ4v) is 4.05. The Morgan fingerprint density at radius 3 is 1.71 bits per heavy atom. The van der Waals surface area contributed by atoms with Crippen LogP contribution >= 0.6 is 7.79 Å². The number of rotatable bonds is 3. The topological polar surface area (TPSA) is 26.7 Å². The Hall–Kier alpha value is -0.470. The van der Waals surface area contributed by atoms with Crippen LogP contribution in [0.3, 0.4) is 0 Å². The molecule has 0 aliphatic heterocycles. The third-order valence-corrected chi connectivity index (χ3v) is 6.01. The number of nitrogens with zero attached hydrogens (tertiary/aromatic N) is 2. The molecule has 0 spiro atoms. The maximum absolute atomic E-state index is 10.6. The van der Waals surface area contributed by atoms with Crippen LogP contribution in [0.1, 0.15) is 0 Å². The summed E-state index contributed by atoms with van der Waals surface area (Å²) in [6, 6.07) is 9.84. The van der Waals surface area contributed by atoms with Crippen molar-refractivity contribution in [3.05, 3.63) is 30.3 Å². The van der Waals surface area contributed by atoms with E-state index in [1.807, 2.05) is 67.9 Å². The van der Waals surface area contributed by atoms with Crippen molar-refractivity contribution in [3.63, 3.8) is 0 Å². The van der Waals surface area contributed by atoms with E-state index >= 15 is 0 Å². The quantitative estimate of drug-likeness (QED) is 0.758. The zero-order valence-electron chi connectivity index (χ0n) is 9.23. The van der Waals surface area contributed by atoms with E-state index in [1.54, 1.807) is 0 Å². The second-order valence-electron chi connectivity index (χ2n) is 3.79. The van der Waals surface area contributed by atoms with Gasteiger partial charge in [-0.2, -0.15) is 0 Å². The van der Waals surface area contributed by atoms with Gasteiger partial charge in [0.1, 0.15) is 0 Å². The molecule has 0 radical (unpaired) electrons. The summed E-state index contributed by atoms with van der Waals surface area (Å²) in [4.78, 5) is 10.6. The molecular weight excluding hydrogens is 195 g/mol. The van der Waals surface area contributed by atoms with E-state index in [2.05, 4.69) is 0 Å². The molecule has 0 aliphatic carbocycles. The van der Waals surface area contributed by atoms with Gasteiger partial charge < -0.3 is 0 Å². The molecule has 1 aromatic carbocycles. The first-order valence-electron chi connectivity index (χ1n) is 4.62. The summed E-state index contributed by atoms with van der Waals surface area (Å²) >= 11 is 0. The van der Waals surface area contributed by atoms with Gasteiger partial charge in [0.15, 0.2) is 0 Å². The molecule has 0 heterocycles. The van der Waals surface area contributed by atoms with Gasteiger partial charge in [-0.15, -0.1) is 0 Å². The van der Waals surface area contributed by atoms with Crippen LogP contribution in [0.5, 0.6) is 0 Å². The molecule has 0 aromatic heterocycles. The Bertz CT molecular complexity index is 279. The monoisotopic (exact) mass is 214 g/mol. The van der Waals surface area contributed by atoms with Gasteiger partial charge in [0.2, 0.25) is 0 Å². The Morgan fingerprint density at radius 2 is 1.36 bits per heavy atom. The van der Waals surface area contributed by atoms with Crippen LogP contribution in [0.25, 0.3) is 0 Å². The molecule has 0 amide bonds. The molecule has 3 nitrogen and oxygen atoms in total. The first-order chi connectivity index (χ1) is 6.49. The number of hydrogen-bond donors (Lipinski definition) is 1. The molecule has 14 heavy (non-hydrogen) atoms. The minimum absolute atomic E-state index is 1.01. The SMILES string of the molecule is CN(C)[PH](O)(c1ccccc1)N(C)C. The Balaban J connectivity index is 3.13. The van der Waals surface area contributed by atoms with Gasteiger partial charge in [-0.05, 0) is 0 Å². The van der Waals surface area contributed by atoms with Crippen molar-refractivity contribution in [3.8, 4) is 0 Å². The molecule has 0 saturated heterocycles. The van der Waals surface area contributed by atoms with Crippen molar-refractivity contribution in [1.29, 1.82) is 0 Å². The van der Waals surface area contributed by atoms with Gasteiger partial charge in [0.25, 0.3) is 0 Å². The van der Waals surface area contributed by atoms with E-state index in [0.29, 0.717) is 0 Å². The van der Waals surface area contributed by atoms with Crippen LogP contribution in [-0.4, -0.2) is 42.4 Å². The van der Waals surface area contributed by atoms with E-state index in [-0.39, 0.29) is 0 Å². The molecule has 0 atom stereocenters. The second-order valence-corrected chi connectivity index (χ2v) is 7.43.